The third-order valence-corrected chi connectivity index (χ3v) is 13.8. The number of quaternary nitrogens is 1. The Bertz CT molecular complexity index is 1530. The van der Waals surface area contributed by atoms with Crippen LogP contribution in [-0.4, -0.2) is 74.3 Å². The minimum atomic E-state index is -4.47. The van der Waals surface area contributed by atoms with Gasteiger partial charge in [0.05, 0.1) is 33.8 Å². The summed E-state index contributed by atoms with van der Waals surface area (Å²) in [5.41, 5.74) is 0. The van der Waals surface area contributed by atoms with E-state index in [9.17, 15) is 19.0 Å². The molecular formula is C63H114N2O7P+. The van der Waals surface area contributed by atoms with Crippen LogP contribution in [-0.2, 0) is 27.9 Å². The van der Waals surface area contributed by atoms with Gasteiger partial charge in [-0.25, -0.2) is 4.57 Å². The van der Waals surface area contributed by atoms with Gasteiger partial charge in [0.2, 0.25) is 5.91 Å². The molecule has 73 heavy (non-hydrogen) atoms. The molecule has 0 saturated carbocycles. The van der Waals surface area contributed by atoms with Crippen LogP contribution in [0.1, 0.15) is 252 Å². The number of rotatable bonds is 53. The molecule has 9 nitrogen and oxygen atoms in total. The second-order valence-electron chi connectivity index (χ2n) is 21.1. The van der Waals surface area contributed by atoms with E-state index in [1.807, 2.05) is 39.4 Å². The predicted octanol–water partition coefficient (Wildman–Crippen LogP) is 18.2. The number of likely N-dealkylation sites (N-methyl/N-ethyl adjacent to an activating group) is 1. The highest BCUT2D eigenvalue weighted by Gasteiger charge is 2.30. The van der Waals surface area contributed by atoms with Crippen molar-refractivity contribution in [1.29, 1.82) is 0 Å². The van der Waals surface area contributed by atoms with E-state index in [0.29, 0.717) is 17.4 Å². The Morgan fingerprint density at radius 2 is 0.890 bits per heavy atom. The number of nitrogens with zero attached hydrogens (tertiary/aromatic N) is 1. The molecule has 0 bridgehead atoms. The number of phosphoric acid groups is 1. The lowest BCUT2D eigenvalue weighted by molar-refractivity contribution is -0.870. The van der Waals surface area contributed by atoms with E-state index in [1.165, 1.54) is 135 Å². The smallest absolute Gasteiger partial charge is 0.456 e. The van der Waals surface area contributed by atoms with Crippen LogP contribution in [0.25, 0.3) is 0 Å². The highest BCUT2D eigenvalue weighted by atomic mass is 31.2. The average Bonchev–Trinajstić information content (AvgIpc) is 3.35. The Hall–Kier alpha value is -2.81. The molecule has 0 saturated heterocycles. The minimum Gasteiger partial charge on any atom is -0.456 e. The SMILES string of the molecule is CC/C=C\C/C=C\C/C=C\C/C=C\C/C=C\C/C=C\CCC(=O)NC(COP(=O)(O)OCC[N+](C)(C)C)C(/C=C/CCCCCCCCCCCCC)OC(=O)CCCCCCCCCCCCCCCCC. The largest absolute Gasteiger partial charge is 0.472 e. The van der Waals surface area contributed by atoms with Gasteiger partial charge in [-0.15, -0.1) is 0 Å². The van der Waals surface area contributed by atoms with Gasteiger partial charge in [0.15, 0.2) is 0 Å². The maximum atomic E-state index is 13.5. The molecule has 3 unspecified atom stereocenters. The van der Waals surface area contributed by atoms with Crippen molar-refractivity contribution in [3.8, 4) is 0 Å². The summed E-state index contributed by atoms with van der Waals surface area (Å²) < 4.78 is 30.6. The number of ether oxygens (including phenoxy) is 1. The van der Waals surface area contributed by atoms with Crippen molar-refractivity contribution in [1.82, 2.24) is 5.32 Å². The van der Waals surface area contributed by atoms with Gasteiger partial charge in [-0.1, -0.05) is 254 Å². The summed E-state index contributed by atoms with van der Waals surface area (Å²) >= 11 is 0. The highest BCUT2D eigenvalue weighted by Crippen LogP contribution is 2.43. The molecule has 0 spiro atoms. The fraction of sp³-hybridized carbons (Fsp3) is 0.746. The lowest BCUT2D eigenvalue weighted by Gasteiger charge is -2.27. The number of nitrogens with one attached hydrogen (secondary N) is 1. The summed E-state index contributed by atoms with van der Waals surface area (Å²) in [6, 6.07) is -0.890. The predicted molar refractivity (Wildman–Crippen MR) is 314 cm³/mol. The first kappa shape index (κ1) is 70.2. The number of hydrogen-bond acceptors (Lipinski definition) is 6. The molecule has 10 heteroatoms. The Labute approximate surface area is 450 Å². The first-order chi connectivity index (χ1) is 35.4. The molecule has 0 radical (unpaired) electrons. The van der Waals surface area contributed by atoms with Crippen LogP contribution < -0.4 is 5.32 Å². The Morgan fingerprint density at radius 1 is 0.493 bits per heavy atom. The molecule has 3 atom stereocenters. The van der Waals surface area contributed by atoms with Gasteiger partial charge in [0.1, 0.15) is 19.3 Å². The number of carbonyl (C=O) groups excluding carboxylic acids is 2. The highest BCUT2D eigenvalue weighted by molar-refractivity contribution is 7.47. The van der Waals surface area contributed by atoms with Crippen LogP contribution >= 0.6 is 7.82 Å². The fourth-order valence-electron chi connectivity index (χ4n) is 8.26. The molecule has 0 aliphatic rings. The molecule has 0 aromatic heterocycles. The Balaban J connectivity index is 5.45. The standard InChI is InChI=1S/C63H113N2O7P/c1-7-10-13-16-19-22-25-28-30-31-32-33-35-37-40-43-46-49-52-55-62(66)64-60(59-71-73(68,69)70-58-57-65(4,5)6)61(54-51-48-45-42-39-36-27-24-21-18-15-12-9-3)72-63(67)56-53-50-47-44-41-38-34-29-26-23-20-17-14-11-8-2/h10,13,19,22,28,30,32-33,37,40,46,49,51,54,60-61H,7-9,11-12,14-18,20-21,23-27,29,31,34-36,38-39,41-45,47-48,50,52-53,55-59H2,1-6H3,(H-,64,66,68,69)/p+1/b13-10-,22-19-,30-28-,33-32-,40-37-,49-46-,54-51+. The van der Waals surface area contributed by atoms with Crippen LogP contribution in [0.5, 0.6) is 0 Å². The molecule has 0 heterocycles. The summed E-state index contributed by atoms with van der Waals surface area (Å²) in [7, 11) is 1.45. The summed E-state index contributed by atoms with van der Waals surface area (Å²) in [6.07, 6.45) is 68.8. The van der Waals surface area contributed by atoms with E-state index >= 15 is 0 Å². The minimum absolute atomic E-state index is 0.0246. The zero-order chi connectivity index (χ0) is 53.6. The van der Waals surface area contributed by atoms with E-state index < -0.39 is 20.0 Å². The lowest BCUT2D eigenvalue weighted by Crippen LogP contribution is -2.47. The maximum absolute atomic E-state index is 13.5. The number of amides is 1. The van der Waals surface area contributed by atoms with E-state index in [0.717, 1.165) is 77.0 Å². The molecule has 0 aliphatic carbocycles. The quantitative estimate of drug-likeness (QED) is 0.0205. The van der Waals surface area contributed by atoms with Crippen molar-refractivity contribution in [3.63, 3.8) is 0 Å². The fourth-order valence-corrected chi connectivity index (χ4v) is 8.99. The summed E-state index contributed by atoms with van der Waals surface area (Å²) in [6.45, 7) is 6.84. The second-order valence-corrected chi connectivity index (χ2v) is 22.6. The monoisotopic (exact) mass is 1040 g/mol. The van der Waals surface area contributed by atoms with Crippen LogP contribution in [0.2, 0.25) is 0 Å². The zero-order valence-corrected chi connectivity index (χ0v) is 49.0. The van der Waals surface area contributed by atoms with Crippen molar-refractivity contribution in [3.05, 3.63) is 85.1 Å². The first-order valence-electron chi connectivity index (χ1n) is 29.9. The molecule has 0 aromatic carbocycles. The molecule has 422 valence electrons. The van der Waals surface area contributed by atoms with Gasteiger partial charge in [-0.2, -0.15) is 0 Å². The summed E-state index contributed by atoms with van der Waals surface area (Å²) in [5.74, 6) is -0.600. The van der Waals surface area contributed by atoms with Gasteiger partial charge in [-0.05, 0) is 70.3 Å². The van der Waals surface area contributed by atoms with Crippen molar-refractivity contribution < 1.29 is 37.3 Å². The van der Waals surface area contributed by atoms with E-state index in [-0.39, 0.29) is 37.9 Å². The van der Waals surface area contributed by atoms with Gasteiger partial charge in [0.25, 0.3) is 0 Å². The van der Waals surface area contributed by atoms with Crippen molar-refractivity contribution >= 4 is 19.7 Å². The van der Waals surface area contributed by atoms with Crippen LogP contribution in [0.15, 0.2) is 85.1 Å². The van der Waals surface area contributed by atoms with Crippen LogP contribution in [0.3, 0.4) is 0 Å². The third kappa shape index (κ3) is 53.8. The Morgan fingerprint density at radius 3 is 1.32 bits per heavy atom. The second kappa shape index (κ2) is 52.6. The Kier molecular flexibility index (Phi) is 50.6. The number of allylic oxidation sites excluding steroid dienone is 13. The third-order valence-electron chi connectivity index (χ3n) is 12.9. The number of phosphoric ester groups is 1. The van der Waals surface area contributed by atoms with Crippen molar-refractivity contribution in [2.75, 3.05) is 40.9 Å². The zero-order valence-electron chi connectivity index (χ0n) is 48.1. The van der Waals surface area contributed by atoms with Gasteiger partial charge in [-0.3, -0.25) is 18.6 Å². The number of unbranched alkanes of at least 4 members (excludes halogenated alkanes) is 25. The van der Waals surface area contributed by atoms with Gasteiger partial charge >= 0.3 is 13.8 Å². The molecular weight excluding hydrogens is 928 g/mol. The van der Waals surface area contributed by atoms with E-state index in [1.54, 1.807) is 0 Å². The van der Waals surface area contributed by atoms with Crippen molar-refractivity contribution in [2.45, 2.75) is 264 Å². The van der Waals surface area contributed by atoms with Crippen LogP contribution in [0.4, 0.5) is 0 Å². The van der Waals surface area contributed by atoms with Crippen LogP contribution in [0, 0.1) is 0 Å². The first-order valence-corrected chi connectivity index (χ1v) is 31.4. The normalized spacial score (nSPS) is 14.3. The molecule has 0 fully saturated rings. The summed E-state index contributed by atoms with van der Waals surface area (Å²) in [5, 5.41) is 3.00. The van der Waals surface area contributed by atoms with Gasteiger partial charge in [0, 0.05) is 12.8 Å². The molecule has 1 amide bonds. The maximum Gasteiger partial charge on any atom is 0.472 e. The summed E-state index contributed by atoms with van der Waals surface area (Å²) in [4.78, 5) is 37.6. The van der Waals surface area contributed by atoms with E-state index in [4.69, 9.17) is 13.8 Å². The molecule has 0 rings (SSSR count). The number of hydrogen-bond donors (Lipinski definition) is 2. The number of esters is 1. The molecule has 0 aromatic rings. The molecule has 2 N–H and O–H groups in total. The topological polar surface area (TPSA) is 111 Å². The van der Waals surface area contributed by atoms with E-state index in [2.05, 4.69) is 92.9 Å². The van der Waals surface area contributed by atoms with Crippen molar-refractivity contribution in [2.24, 2.45) is 0 Å². The van der Waals surface area contributed by atoms with Gasteiger partial charge < -0.3 is 19.4 Å². The lowest BCUT2D eigenvalue weighted by atomic mass is 10.0. The average molecular weight is 1040 g/mol. The number of carbonyl (C=O) groups is 2. The molecule has 0 aliphatic heterocycles.